The van der Waals surface area contributed by atoms with E-state index >= 15 is 0 Å². The van der Waals surface area contributed by atoms with Gasteiger partial charge in [0.25, 0.3) is 5.91 Å². The number of hydrogen-bond donors (Lipinski definition) is 1. The van der Waals surface area contributed by atoms with E-state index in [9.17, 15) is 4.79 Å². The quantitative estimate of drug-likeness (QED) is 0.359. The highest BCUT2D eigenvalue weighted by Crippen LogP contribution is 2.42. The lowest BCUT2D eigenvalue weighted by atomic mass is 10.0. The summed E-state index contributed by atoms with van der Waals surface area (Å²) < 4.78 is 6.66. The van der Waals surface area contributed by atoms with Gasteiger partial charge in [-0.1, -0.05) is 12.1 Å². The van der Waals surface area contributed by atoms with Crippen molar-refractivity contribution in [2.24, 2.45) is 0 Å². The van der Waals surface area contributed by atoms with Crippen LogP contribution in [0.4, 0.5) is 11.8 Å². The summed E-state index contributed by atoms with van der Waals surface area (Å²) >= 11 is 1.68. The van der Waals surface area contributed by atoms with Crippen molar-refractivity contribution in [3.05, 3.63) is 47.8 Å². The maximum atomic E-state index is 13.7. The maximum absolute atomic E-state index is 13.7. The number of piperidine rings is 1. The summed E-state index contributed by atoms with van der Waals surface area (Å²) in [5.41, 5.74) is 10.2. The summed E-state index contributed by atoms with van der Waals surface area (Å²) in [6, 6.07) is 8.70. The summed E-state index contributed by atoms with van der Waals surface area (Å²) in [7, 11) is 2.20. The average Bonchev–Trinajstić information content (AvgIpc) is 3.41. The predicted molar refractivity (Wildman–Crippen MR) is 174 cm³/mol. The number of piperazine rings is 1. The molecule has 0 atom stereocenters. The highest BCUT2D eigenvalue weighted by molar-refractivity contribution is 7.23. The number of fused-ring (bicyclic) bond motifs is 1. The fraction of sp³-hybridized carbons (Fsp3) is 0.469. The molecule has 0 saturated carbocycles. The third-order valence-electron chi connectivity index (χ3n) is 9.17. The minimum Gasteiger partial charge on any atom is -0.378 e. The van der Waals surface area contributed by atoms with Crippen LogP contribution in [0.1, 0.15) is 28.8 Å². The minimum absolute atomic E-state index is 0.105. The second kappa shape index (κ2) is 12.4. The fourth-order valence-electron chi connectivity index (χ4n) is 6.55. The van der Waals surface area contributed by atoms with E-state index in [-0.39, 0.29) is 11.9 Å². The highest BCUT2D eigenvalue weighted by Gasteiger charge is 2.29. The van der Waals surface area contributed by atoms with Gasteiger partial charge in [-0.15, -0.1) is 11.3 Å². The van der Waals surface area contributed by atoms with E-state index in [1.54, 1.807) is 23.7 Å². The molecule has 3 fully saturated rings. The standard InChI is InChI=1S/C32H39N9O2S/c1-21-26-28(30(40-14-16-43-17-15-40)37-29(36-26)24-19-34-32(33)35-20-24)44-27(21)22-4-3-5-23(18-22)31(42)41-12-10-39(11-13-41)25-6-8-38(2)9-7-25/h3-5,18-20,25H,6-17H2,1-2H3,(H2,33,34,35). The van der Waals surface area contributed by atoms with Gasteiger partial charge in [-0.2, -0.15) is 0 Å². The first kappa shape index (κ1) is 29.0. The Morgan fingerprint density at radius 3 is 2.41 bits per heavy atom. The molecule has 1 amide bonds. The lowest BCUT2D eigenvalue weighted by molar-refractivity contribution is 0.0475. The molecule has 0 unspecified atom stereocenters. The van der Waals surface area contributed by atoms with Crippen molar-refractivity contribution in [2.75, 3.05) is 83.3 Å². The van der Waals surface area contributed by atoms with E-state index in [1.807, 2.05) is 23.1 Å². The molecule has 11 nitrogen and oxygen atoms in total. The van der Waals surface area contributed by atoms with Crippen molar-refractivity contribution in [1.29, 1.82) is 0 Å². The van der Waals surface area contributed by atoms with Gasteiger partial charge in [0.05, 0.1) is 29.0 Å². The zero-order chi connectivity index (χ0) is 30.2. The molecule has 1 aromatic carbocycles. The number of benzene rings is 1. The lowest BCUT2D eigenvalue weighted by Gasteiger charge is -2.42. The number of thiophene rings is 1. The lowest BCUT2D eigenvalue weighted by Crippen LogP contribution is -2.54. The van der Waals surface area contributed by atoms with Gasteiger partial charge in [0, 0.05) is 68.1 Å². The number of morpholine rings is 1. The molecule has 0 bridgehead atoms. The summed E-state index contributed by atoms with van der Waals surface area (Å²) in [4.78, 5) is 42.4. The molecule has 3 aromatic heterocycles. The third kappa shape index (κ3) is 5.74. The van der Waals surface area contributed by atoms with Crippen LogP contribution in [0.3, 0.4) is 0 Å². The molecule has 6 heterocycles. The van der Waals surface area contributed by atoms with Crippen LogP contribution in [-0.4, -0.2) is 119 Å². The van der Waals surface area contributed by atoms with Gasteiger partial charge in [0.15, 0.2) is 11.6 Å². The highest BCUT2D eigenvalue weighted by atomic mass is 32.1. The second-order valence-corrected chi connectivity index (χ2v) is 13.0. The van der Waals surface area contributed by atoms with Crippen molar-refractivity contribution in [1.82, 2.24) is 34.6 Å². The molecule has 0 spiro atoms. The van der Waals surface area contributed by atoms with Gasteiger partial charge in [0.1, 0.15) is 0 Å². The number of hydrogen-bond acceptors (Lipinski definition) is 11. The number of aryl methyl sites for hydroxylation is 1. The molecule has 12 heteroatoms. The maximum Gasteiger partial charge on any atom is 0.253 e. The van der Waals surface area contributed by atoms with Crippen molar-refractivity contribution < 1.29 is 9.53 Å². The third-order valence-corrected chi connectivity index (χ3v) is 10.5. The summed E-state index contributed by atoms with van der Waals surface area (Å²) in [6.45, 7) is 10.7. The molecule has 4 aromatic rings. The van der Waals surface area contributed by atoms with Crippen LogP contribution >= 0.6 is 11.3 Å². The molecule has 0 radical (unpaired) electrons. The van der Waals surface area contributed by atoms with Crippen LogP contribution in [0, 0.1) is 6.92 Å². The van der Waals surface area contributed by atoms with Crippen molar-refractivity contribution in [3.63, 3.8) is 0 Å². The number of amides is 1. The zero-order valence-corrected chi connectivity index (χ0v) is 26.2. The molecular weight excluding hydrogens is 574 g/mol. The fourth-order valence-corrected chi connectivity index (χ4v) is 7.81. The molecule has 3 aliphatic heterocycles. The molecule has 44 heavy (non-hydrogen) atoms. The average molecular weight is 614 g/mol. The van der Waals surface area contributed by atoms with E-state index in [0.717, 1.165) is 90.0 Å². The summed E-state index contributed by atoms with van der Waals surface area (Å²) in [5, 5.41) is 0. The van der Waals surface area contributed by atoms with Crippen LogP contribution in [0.25, 0.3) is 32.0 Å². The number of aromatic nitrogens is 4. The Labute approximate surface area is 261 Å². The normalized spacial score (nSPS) is 19.1. The Hall–Kier alpha value is -3.71. The van der Waals surface area contributed by atoms with Crippen LogP contribution in [0.15, 0.2) is 36.7 Å². The van der Waals surface area contributed by atoms with E-state index < -0.39 is 0 Å². The first-order chi connectivity index (χ1) is 21.4. The van der Waals surface area contributed by atoms with Crippen LogP contribution in [0.5, 0.6) is 0 Å². The largest absolute Gasteiger partial charge is 0.378 e. The number of carbonyl (C=O) groups excluding carboxylic acids is 1. The summed E-state index contributed by atoms with van der Waals surface area (Å²) in [6.07, 6.45) is 5.76. The van der Waals surface area contributed by atoms with Gasteiger partial charge >= 0.3 is 0 Å². The van der Waals surface area contributed by atoms with Crippen LogP contribution < -0.4 is 10.6 Å². The second-order valence-electron chi connectivity index (χ2n) is 12.0. The number of nitrogen functional groups attached to an aromatic ring is 1. The van der Waals surface area contributed by atoms with Gasteiger partial charge in [-0.3, -0.25) is 9.69 Å². The van der Waals surface area contributed by atoms with Gasteiger partial charge in [-0.25, -0.2) is 19.9 Å². The predicted octanol–water partition coefficient (Wildman–Crippen LogP) is 3.39. The molecule has 2 N–H and O–H groups in total. The number of nitrogens with zero attached hydrogens (tertiary/aromatic N) is 8. The molecule has 0 aliphatic carbocycles. The summed E-state index contributed by atoms with van der Waals surface area (Å²) in [5.74, 6) is 1.77. The van der Waals surface area contributed by atoms with Gasteiger partial charge < -0.3 is 25.2 Å². The first-order valence-corrected chi connectivity index (χ1v) is 16.3. The number of rotatable bonds is 5. The van der Waals surface area contributed by atoms with E-state index in [4.69, 9.17) is 20.4 Å². The number of likely N-dealkylation sites (tertiary alicyclic amines) is 1. The number of anilines is 2. The molecule has 3 aliphatic rings. The molecule has 230 valence electrons. The van der Waals surface area contributed by atoms with Crippen LogP contribution in [0.2, 0.25) is 0 Å². The Morgan fingerprint density at radius 1 is 0.955 bits per heavy atom. The molecule has 3 saturated heterocycles. The van der Waals surface area contributed by atoms with Gasteiger partial charge in [0.2, 0.25) is 5.95 Å². The van der Waals surface area contributed by atoms with Crippen molar-refractivity contribution >= 4 is 39.2 Å². The smallest absolute Gasteiger partial charge is 0.253 e. The number of ether oxygens (including phenoxy) is 1. The number of carbonyl (C=O) groups is 1. The topological polar surface area (TPSA) is 117 Å². The minimum atomic E-state index is 0.105. The Morgan fingerprint density at radius 2 is 1.68 bits per heavy atom. The Balaban J connectivity index is 1.17. The van der Waals surface area contributed by atoms with Gasteiger partial charge in [-0.05, 0) is 63.2 Å². The zero-order valence-electron chi connectivity index (χ0n) is 25.4. The Kier molecular flexibility index (Phi) is 8.15. The van der Waals surface area contributed by atoms with Crippen molar-refractivity contribution in [3.8, 4) is 21.8 Å². The number of nitrogens with two attached hydrogens (primary N) is 1. The Bertz CT molecular complexity index is 1640. The first-order valence-electron chi connectivity index (χ1n) is 15.5. The SMILES string of the molecule is Cc1c(-c2cccc(C(=O)N3CCN(C4CCN(C)CC4)CC3)c2)sc2c(N3CCOCC3)nc(-c3cnc(N)nc3)nc12. The van der Waals surface area contributed by atoms with E-state index in [0.29, 0.717) is 30.6 Å². The monoisotopic (exact) mass is 613 g/mol. The van der Waals surface area contributed by atoms with E-state index in [2.05, 4.69) is 44.7 Å². The van der Waals surface area contributed by atoms with Crippen LogP contribution in [-0.2, 0) is 4.74 Å². The van der Waals surface area contributed by atoms with E-state index in [1.165, 1.54) is 12.8 Å². The molecular formula is C32H39N9O2S. The molecule has 7 rings (SSSR count). The van der Waals surface area contributed by atoms with Crippen molar-refractivity contribution in [2.45, 2.75) is 25.8 Å².